The summed E-state index contributed by atoms with van der Waals surface area (Å²) >= 11 is 3.81. The molecule has 29 heteroatoms. The Labute approximate surface area is 436 Å². The number of nitrogens with two attached hydrogens (primary N) is 1. The van der Waals surface area contributed by atoms with E-state index in [0.717, 1.165) is 0 Å². The number of carbonyl (C=O) groups excluding carboxylic acids is 7. The molecule has 16 N–H and O–H groups in total. The molecule has 418 valence electrons. The summed E-state index contributed by atoms with van der Waals surface area (Å²) in [6, 6.07) is -3.77. The second kappa shape index (κ2) is 31.9. The van der Waals surface area contributed by atoms with Crippen molar-refractivity contribution in [3.05, 3.63) is 35.9 Å². The van der Waals surface area contributed by atoms with Crippen LogP contribution in [0.5, 0.6) is 0 Å². The molecule has 28 nitrogen and oxygen atoms in total. The predicted molar refractivity (Wildman–Crippen MR) is 265 cm³/mol. The van der Waals surface area contributed by atoms with Crippen LogP contribution in [0.4, 0.5) is 4.79 Å². The van der Waals surface area contributed by atoms with Crippen LogP contribution >= 0.6 is 12.6 Å². The Bertz CT molecular complexity index is 2220. The van der Waals surface area contributed by atoms with Crippen molar-refractivity contribution in [2.45, 2.75) is 153 Å². The minimum Gasteiger partial charge on any atom is -0.481 e. The lowest BCUT2D eigenvalue weighted by Gasteiger charge is -2.34. The van der Waals surface area contributed by atoms with E-state index in [-0.39, 0.29) is 25.0 Å². The van der Waals surface area contributed by atoms with Gasteiger partial charge in [-0.2, -0.15) is 12.6 Å². The van der Waals surface area contributed by atoms with Crippen LogP contribution in [0.25, 0.3) is 0 Å². The molecule has 8 amide bonds. The van der Waals surface area contributed by atoms with Crippen molar-refractivity contribution >= 4 is 89.9 Å². The quantitative estimate of drug-likeness (QED) is 0.0333. The molecule has 0 saturated heterocycles. The number of amides is 8. The summed E-state index contributed by atoms with van der Waals surface area (Å²) < 4.78 is 0. The fourth-order valence-corrected chi connectivity index (χ4v) is 7.19. The zero-order valence-corrected chi connectivity index (χ0v) is 42.7. The highest BCUT2D eigenvalue weighted by Gasteiger charge is 2.34. The maximum atomic E-state index is 13.8. The predicted octanol–water partition coefficient (Wildman–Crippen LogP) is -1.70. The lowest BCUT2D eigenvalue weighted by Crippen LogP contribution is -2.57. The monoisotopic (exact) mass is 1080 g/mol. The molecule has 1 aromatic carbocycles. The number of urea groups is 1. The SMILES string of the molecule is CCC(C)(CCC(C)(C)NC(=O)CCC(NC(=O)NC(CCC(=O)O)C(=O)O)C(=O)O)CC(=O)NC(Cc1ccccc1)C(=O)NC(CCC(=O)NCC(N)C(=O)NC(CC(=O)O)C(=O)NC(CS)C(=O)O)C(=O)O. The third kappa shape index (κ3) is 26.3. The molecule has 0 bridgehead atoms. The highest BCUT2D eigenvalue weighted by molar-refractivity contribution is 7.80. The van der Waals surface area contributed by atoms with Gasteiger partial charge < -0.3 is 78.9 Å². The summed E-state index contributed by atoms with van der Waals surface area (Å²) in [5.74, 6) is -14.4. The zero-order valence-electron chi connectivity index (χ0n) is 41.8. The number of carboxylic acid groups (broad SMARTS) is 6. The first-order chi connectivity index (χ1) is 34.9. The number of nitrogens with one attached hydrogen (secondary N) is 8. The lowest BCUT2D eigenvalue weighted by molar-refractivity contribution is -0.143. The molecule has 0 aliphatic carbocycles. The molecule has 8 unspecified atom stereocenters. The van der Waals surface area contributed by atoms with Crippen molar-refractivity contribution in [1.82, 2.24) is 42.5 Å². The maximum Gasteiger partial charge on any atom is 0.327 e. The van der Waals surface area contributed by atoms with E-state index in [4.69, 9.17) is 15.9 Å². The molecule has 8 atom stereocenters. The van der Waals surface area contributed by atoms with Gasteiger partial charge in [-0.25, -0.2) is 24.0 Å². The highest BCUT2D eigenvalue weighted by atomic mass is 32.1. The van der Waals surface area contributed by atoms with Crippen LogP contribution in [0.3, 0.4) is 0 Å². The van der Waals surface area contributed by atoms with Gasteiger partial charge in [0.05, 0.1) is 6.42 Å². The van der Waals surface area contributed by atoms with Crippen molar-refractivity contribution < 1.29 is 93.0 Å². The van der Waals surface area contributed by atoms with E-state index in [1.54, 1.807) is 44.2 Å². The van der Waals surface area contributed by atoms with E-state index in [1.165, 1.54) is 0 Å². The van der Waals surface area contributed by atoms with Crippen LogP contribution in [0.1, 0.15) is 104 Å². The highest BCUT2D eigenvalue weighted by Crippen LogP contribution is 2.34. The van der Waals surface area contributed by atoms with E-state index in [9.17, 15) is 82.8 Å². The summed E-state index contributed by atoms with van der Waals surface area (Å²) in [7, 11) is 0. The Morgan fingerprint density at radius 3 is 1.53 bits per heavy atom. The molecular weight excluding hydrogens is 1010 g/mol. The topological polar surface area (TPSA) is 466 Å². The Balaban J connectivity index is 2.96. The van der Waals surface area contributed by atoms with Crippen LogP contribution in [0, 0.1) is 5.41 Å². The Morgan fingerprint density at radius 1 is 0.560 bits per heavy atom. The standard InChI is InChI=1S/C46H69N9O19S/c1-5-46(4,18-17-45(2,3)55-33(57)15-12-27(41(68)69)53-44(74)54-28(42(70)71)13-16-35(59)60)21-34(58)49-29(19-24-9-7-6-8-10-24)38(64)50-26(40(66)67)11-14-32(56)48-22-25(47)37(63)51-30(20-36(61)62)39(65)52-31(23-75)43(72)73/h6-10,25-31,75H,5,11-23,47H2,1-4H3,(H,48,56)(H,49,58)(H,50,64)(H,51,63)(H,52,65)(H,55,57)(H,59,60)(H,61,62)(H,66,67)(H,68,69)(H,70,71)(H,72,73)(H2,53,54,74). The maximum absolute atomic E-state index is 13.8. The van der Waals surface area contributed by atoms with Gasteiger partial charge in [0.1, 0.15) is 42.3 Å². The zero-order chi connectivity index (χ0) is 57.2. The van der Waals surface area contributed by atoms with Gasteiger partial charge in [-0.05, 0) is 56.9 Å². The fourth-order valence-electron chi connectivity index (χ4n) is 6.95. The smallest absolute Gasteiger partial charge is 0.327 e. The van der Waals surface area contributed by atoms with E-state index < -0.39 is 176 Å². The van der Waals surface area contributed by atoms with Crippen LogP contribution in [-0.2, 0) is 64.0 Å². The second-order valence-electron chi connectivity index (χ2n) is 18.5. The van der Waals surface area contributed by atoms with Crippen molar-refractivity contribution in [3.63, 3.8) is 0 Å². The molecule has 0 aliphatic rings. The minimum atomic E-state index is -1.76. The van der Waals surface area contributed by atoms with Gasteiger partial charge in [0, 0.05) is 49.9 Å². The normalized spacial score (nSPS) is 14.7. The van der Waals surface area contributed by atoms with Gasteiger partial charge in [-0.15, -0.1) is 0 Å². The summed E-state index contributed by atoms with van der Waals surface area (Å²) in [5.41, 5.74) is 4.79. The Kier molecular flexibility index (Phi) is 27.8. The number of carboxylic acids is 6. The molecule has 0 fully saturated rings. The van der Waals surface area contributed by atoms with Gasteiger partial charge in [-0.3, -0.25) is 38.4 Å². The first-order valence-corrected chi connectivity index (χ1v) is 24.1. The van der Waals surface area contributed by atoms with Gasteiger partial charge in [0.25, 0.3) is 0 Å². The van der Waals surface area contributed by atoms with E-state index in [0.29, 0.717) is 24.8 Å². The van der Waals surface area contributed by atoms with Crippen molar-refractivity contribution in [2.24, 2.45) is 11.1 Å². The summed E-state index contributed by atoms with van der Waals surface area (Å²) in [6.07, 6.45) is -2.89. The second-order valence-corrected chi connectivity index (χ2v) is 18.9. The van der Waals surface area contributed by atoms with Crippen LogP contribution in [0.15, 0.2) is 30.3 Å². The van der Waals surface area contributed by atoms with Gasteiger partial charge in [0.15, 0.2) is 0 Å². The molecular formula is C46H69N9O19S. The molecule has 0 heterocycles. The summed E-state index contributed by atoms with van der Waals surface area (Å²) in [6.45, 7) is 6.45. The first kappa shape index (κ1) is 65.5. The lowest BCUT2D eigenvalue weighted by atomic mass is 9.76. The molecule has 0 aliphatic heterocycles. The van der Waals surface area contributed by atoms with Crippen molar-refractivity contribution in [3.8, 4) is 0 Å². The summed E-state index contributed by atoms with van der Waals surface area (Å²) in [5, 5.41) is 74.5. The third-order valence-corrected chi connectivity index (χ3v) is 12.0. The van der Waals surface area contributed by atoms with Crippen molar-refractivity contribution in [1.29, 1.82) is 0 Å². The van der Waals surface area contributed by atoms with Gasteiger partial charge >= 0.3 is 41.8 Å². The van der Waals surface area contributed by atoms with Crippen molar-refractivity contribution in [2.75, 3.05) is 12.3 Å². The number of hydrogen-bond acceptors (Lipinski definition) is 15. The average molecular weight is 1080 g/mol. The molecule has 0 radical (unpaired) electrons. The number of rotatable bonds is 36. The average Bonchev–Trinajstić information content (AvgIpc) is 3.32. The molecule has 1 aromatic rings. The largest absolute Gasteiger partial charge is 0.481 e. The van der Waals surface area contributed by atoms with E-state index in [1.807, 2.05) is 24.5 Å². The van der Waals surface area contributed by atoms with E-state index >= 15 is 0 Å². The Hall–Kier alpha value is -7.56. The molecule has 75 heavy (non-hydrogen) atoms. The fraction of sp³-hybridized carbons (Fsp3) is 0.587. The van der Waals surface area contributed by atoms with E-state index in [2.05, 4.69) is 44.5 Å². The molecule has 0 aromatic heterocycles. The molecule has 0 saturated carbocycles. The number of hydrogen-bond donors (Lipinski definition) is 16. The molecule has 0 spiro atoms. The number of carbonyl (C=O) groups is 13. The number of thiol groups is 1. The van der Waals surface area contributed by atoms with Gasteiger partial charge in [0.2, 0.25) is 35.4 Å². The minimum absolute atomic E-state index is 0.0734. The van der Waals surface area contributed by atoms with Crippen LogP contribution < -0.4 is 48.3 Å². The van der Waals surface area contributed by atoms with Gasteiger partial charge in [-0.1, -0.05) is 50.6 Å². The van der Waals surface area contributed by atoms with Crippen LogP contribution in [0.2, 0.25) is 0 Å². The number of benzene rings is 1. The number of aliphatic carboxylic acids is 6. The summed E-state index contributed by atoms with van der Waals surface area (Å²) in [4.78, 5) is 160. The van der Waals surface area contributed by atoms with Crippen LogP contribution in [-0.4, -0.2) is 168 Å². The molecule has 1 rings (SSSR count). The first-order valence-electron chi connectivity index (χ1n) is 23.5. The Morgan fingerprint density at radius 2 is 1.04 bits per heavy atom. The third-order valence-electron chi connectivity index (χ3n) is 11.7.